The van der Waals surface area contributed by atoms with Crippen molar-refractivity contribution in [1.82, 2.24) is 20.7 Å². The van der Waals surface area contributed by atoms with Crippen molar-refractivity contribution in [3.8, 4) is 0 Å². The van der Waals surface area contributed by atoms with E-state index in [0.717, 1.165) is 25.8 Å². The summed E-state index contributed by atoms with van der Waals surface area (Å²) in [7, 11) is 0. The van der Waals surface area contributed by atoms with Gasteiger partial charge in [0.25, 0.3) is 11.5 Å². The second-order valence-corrected chi connectivity index (χ2v) is 8.13. The minimum absolute atomic E-state index is 0.119. The number of nitrogens with zero attached hydrogens (tertiary/aromatic N) is 1. The van der Waals surface area contributed by atoms with Crippen molar-refractivity contribution in [2.45, 2.75) is 25.3 Å². The maximum atomic E-state index is 12.7. The van der Waals surface area contributed by atoms with Crippen molar-refractivity contribution in [3.63, 3.8) is 0 Å². The Morgan fingerprint density at radius 3 is 2.68 bits per heavy atom. The van der Waals surface area contributed by atoms with Crippen LogP contribution in [0.5, 0.6) is 0 Å². The highest BCUT2D eigenvalue weighted by atomic mass is 35.5. The van der Waals surface area contributed by atoms with Crippen LogP contribution < -0.4 is 16.4 Å². The summed E-state index contributed by atoms with van der Waals surface area (Å²) in [6, 6.07) is 12.4. The standard InChI is InChI=1S/C21H25ClN4O2/c22-17-11-18(20(27)23-13-17)21(28)26-8-6-15(7-9-26)19-16(12-24-25-19)10-14-4-2-1-3-5-14/h1-5,11,13,15-16,19,24-25H,6-10,12H2,(H,23,27). The third-order valence-electron chi connectivity index (χ3n) is 5.91. The molecular weight excluding hydrogens is 376 g/mol. The second-order valence-electron chi connectivity index (χ2n) is 7.69. The average molecular weight is 401 g/mol. The molecule has 2 aliphatic heterocycles. The van der Waals surface area contributed by atoms with E-state index in [-0.39, 0.29) is 17.0 Å². The van der Waals surface area contributed by atoms with Gasteiger partial charge in [-0.2, -0.15) is 0 Å². The van der Waals surface area contributed by atoms with E-state index in [1.807, 2.05) is 6.07 Å². The molecule has 4 rings (SSSR count). The van der Waals surface area contributed by atoms with Crippen molar-refractivity contribution in [2.24, 2.45) is 11.8 Å². The van der Waals surface area contributed by atoms with Crippen LogP contribution in [0.15, 0.2) is 47.4 Å². The van der Waals surface area contributed by atoms with E-state index in [9.17, 15) is 9.59 Å². The Labute approximate surface area is 169 Å². The third kappa shape index (κ3) is 4.14. The van der Waals surface area contributed by atoms with E-state index < -0.39 is 0 Å². The number of H-pyrrole nitrogens is 1. The number of carbonyl (C=O) groups is 1. The number of hydrogen-bond acceptors (Lipinski definition) is 4. The largest absolute Gasteiger partial charge is 0.338 e. The van der Waals surface area contributed by atoms with E-state index in [2.05, 4.69) is 40.1 Å². The van der Waals surface area contributed by atoms with Crippen LogP contribution in [0, 0.1) is 11.8 Å². The Morgan fingerprint density at radius 1 is 1.18 bits per heavy atom. The van der Waals surface area contributed by atoms with Crippen LogP contribution in [-0.4, -0.2) is 41.5 Å². The molecule has 7 heteroatoms. The first-order valence-electron chi connectivity index (χ1n) is 9.81. The van der Waals surface area contributed by atoms with Gasteiger partial charge in [-0.25, -0.2) is 0 Å². The van der Waals surface area contributed by atoms with Gasteiger partial charge < -0.3 is 9.88 Å². The van der Waals surface area contributed by atoms with E-state index in [1.54, 1.807) is 4.90 Å². The summed E-state index contributed by atoms with van der Waals surface area (Å²) in [4.78, 5) is 29.0. The molecule has 2 unspecified atom stereocenters. The Hall–Kier alpha value is -2.15. The lowest BCUT2D eigenvalue weighted by Crippen LogP contribution is -2.47. The summed E-state index contributed by atoms with van der Waals surface area (Å²) >= 11 is 5.94. The molecule has 0 aliphatic carbocycles. The molecule has 28 heavy (non-hydrogen) atoms. The smallest absolute Gasteiger partial charge is 0.260 e. The van der Waals surface area contributed by atoms with Gasteiger partial charge in [0.15, 0.2) is 0 Å². The first-order chi connectivity index (χ1) is 13.6. The Kier molecular flexibility index (Phi) is 5.80. The van der Waals surface area contributed by atoms with Crippen molar-refractivity contribution >= 4 is 17.5 Å². The van der Waals surface area contributed by atoms with Crippen LogP contribution in [0.25, 0.3) is 0 Å². The first kappa shape index (κ1) is 19.2. The fourth-order valence-corrected chi connectivity index (χ4v) is 4.58. The molecule has 2 atom stereocenters. The Balaban J connectivity index is 1.37. The number of amides is 1. The molecule has 1 amide bonds. The number of aromatic nitrogens is 1. The summed E-state index contributed by atoms with van der Waals surface area (Å²) in [6.07, 6.45) is 4.30. The molecule has 2 aliphatic rings. The van der Waals surface area contributed by atoms with Gasteiger partial charge in [0.2, 0.25) is 0 Å². The summed E-state index contributed by atoms with van der Waals surface area (Å²) in [5.41, 5.74) is 7.87. The molecule has 0 bridgehead atoms. The molecule has 2 aromatic rings. The predicted molar refractivity (Wildman–Crippen MR) is 109 cm³/mol. The molecule has 0 radical (unpaired) electrons. The first-order valence-corrected chi connectivity index (χ1v) is 10.2. The van der Waals surface area contributed by atoms with Crippen LogP contribution in [0.1, 0.15) is 28.8 Å². The number of pyridine rings is 1. The van der Waals surface area contributed by atoms with Crippen molar-refractivity contribution in [1.29, 1.82) is 0 Å². The molecule has 2 fully saturated rings. The van der Waals surface area contributed by atoms with E-state index in [1.165, 1.54) is 17.8 Å². The number of hydrogen-bond donors (Lipinski definition) is 3. The zero-order valence-corrected chi connectivity index (χ0v) is 16.4. The number of likely N-dealkylation sites (tertiary alicyclic amines) is 1. The number of halogens is 1. The number of nitrogens with one attached hydrogen (secondary N) is 3. The summed E-state index contributed by atoms with van der Waals surface area (Å²) in [5.74, 6) is 0.802. The Morgan fingerprint density at radius 2 is 1.93 bits per heavy atom. The molecule has 3 heterocycles. The Bertz CT molecular complexity index is 877. The summed E-state index contributed by atoms with van der Waals surface area (Å²) < 4.78 is 0. The van der Waals surface area contributed by atoms with Gasteiger partial charge >= 0.3 is 0 Å². The highest BCUT2D eigenvalue weighted by Gasteiger charge is 2.36. The minimum atomic E-state index is -0.388. The number of hydrazine groups is 1. The fourth-order valence-electron chi connectivity index (χ4n) is 4.42. The highest BCUT2D eigenvalue weighted by molar-refractivity contribution is 6.30. The van der Waals surface area contributed by atoms with E-state index in [4.69, 9.17) is 11.6 Å². The molecule has 1 aromatic heterocycles. The molecule has 3 N–H and O–H groups in total. The monoisotopic (exact) mass is 400 g/mol. The van der Waals surface area contributed by atoms with Gasteiger partial charge in [0, 0.05) is 31.9 Å². The normalized spacial score (nSPS) is 23.1. The maximum absolute atomic E-state index is 12.7. The van der Waals surface area contributed by atoms with Gasteiger partial charge in [-0.05, 0) is 42.7 Å². The molecule has 6 nitrogen and oxygen atoms in total. The molecular formula is C21H25ClN4O2. The fraction of sp³-hybridized carbons (Fsp3) is 0.429. The number of benzene rings is 1. The highest BCUT2D eigenvalue weighted by Crippen LogP contribution is 2.29. The predicted octanol–water partition coefficient (Wildman–Crippen LogP) is 2.22. The molecule has 0 spiro atoms. The van der Waals surface area contributed by atoms with Gasteiger partial charge in [-0.15, -0.1) is 0 Å². The average Bonchev–Trinajstić information content (AvgIpc) is 3.18. The zero-order chi connectivity index (χ0) is 19.5. The van der Waals surface area contributed by atoms with Gasteiger partial charge in [-0.3, -0.25) is 20.4 Å². The maximum Gasteiger partial charge on any atom is 0.260 e. The van der Waals surface area contributed by atoms with Gasteiger partial charge in [-0.1, -0.05) is 41.9 Å². The summed E-state index contributed by atoms with van der Waals surface area (Å²) in [6.45, 7) is 2.27. The SMILES string of the molecule is O=C(c1cc(Cl)c[nH]c1=O)N1CCC(C2NNCC2Cc2ccccc2)CC1. The quantitative estimate of drug-likeness (QED) is 0.735. The second kappa shape index (κ2) is 8.47. The molecule has 148 valence electrons. The minimum Gasteiger partial charge on any atom is -0.338 e. The lowest BCUT2D eigenvalue weighted by Gasteiger charge is -2.36. The van der Waals surface area contributed by atoms with Crippen molar-refractivity contribution in [2.75, 3.05) is 19.6 Å². The lowest BCUT2D eigenvalue weighted by atomic mass is 9.81. The van der Waals surface area contributed by atoms with Gasteiger partial charge in [0.1, 0.15) is 5.56 Å². The number of aromatic amines is 1. The topological polar surface area (TPSA) is 77.2 Å². The van der Waals surface area contributed by atoms with Crippen LogP contribution in [-0.2, 0) is 6.42 Å². The summed E-state index contributed by atoms with van der Waals surface area (Å²) in [5, 5.41) is 0.364. The van der Waals surface area contributed by atoms with Crippen LogP contribution in [0.4, 0.5) is 0 Å². The number of piperidine rings is 1. The van der Waals surface area contributed by atoms with Crippen molar-refractivity contribution in [3.05, 3.63) is 69.1 Å². The zero-order valence-electron chi connectivity index (χ0n) is 15.7. The number of rotatable bonds is 4. The van der Waals surface area contributed by atoms with Crippen LogP contribution >= 0.6 is 11.6 Å². The number of carbonyl (C=O) groups excluding carboxylic acids is 1. The molecule has 1 aromatic carbocycles. The van der Waals surface area contributed by atoms with E-state index >= 15 is 0 Å². The van der Waals surface area contributed by atoms with Crippen LogP contribution in [0.2, 0.25) is 5.02 Å². The molecule has 0 saturated carbocycles. The lowest BCUT2D eigenvalue weighted by molar-refractivity contribution is 0.0662. The van der Waals surface area contributed by atoms with Crippen molar-refractivity contribution < 1.29 is 4.79 Å². The van der Waals surface area contributed by atoms with Crippen LogP contribution in [0.3, 0.4) is 0 Å². The third-order valence-corrected chi connectivity index (χ3v) is 6.13. The van der Waals surface area contributed by atoms with E-state index in [0.29, 0.717) is 36.0 Å². The van der Waals surface area contributed by atoms with Gasteiger partial charge in [0.05, 0.1) is 5.02 Å². The molecule has 2 saturated heterocycles.